The lowest BCUT2D eigenvalue weighted by molar-refractivity contribution is -0.112. The maximum absolute atomic E-state index is 12.3. The van der Waals surface area contributed by atoms with Crippen LogP contribution < -0.4 is 15.5 Å². The van der Waals surface area contributed by atoms with Crippen LogP contribution in [0.1, 0.15) is 31.1 Å². The van der Waals surface area contributed by atoms with Gasteiger partial charge in [-0.05, 0) is 57.2 Å². The number of rotatable bonds is 8. The van der Waals surface area contributed by atoms with E-state index in [1.54, 1.807) is 24.3 Å². The third-order valence-electron chi connectivity index (χ3n) is 4.27. The Morgan fingerprint density at radius 3 is 2.32 bits per heavy atom. The van der Waals surface area contributed by atoms with Gasteiger partial charge in [-0.25, -0.2) is 0 Å². The topological polar surface area (TPSA) is 85.2 Å². The van der Waals surface area contributed by atoms with Crippen LogP contribution >= 0.6 is 0 Å². The lowest BCUT2D eigenvalue weighted by atomic mass is 10.1. The van der Waals surface area contributed by atoms with Crippen molar-refractivity contribution in [2.24, 2.45) is 0 Å². The monoisotopic (exact) mass is 376 g/mol. The number of ketones is 1. The smallest absolute Gasteiger partial charge is 0.267 e. The molecule has 0 aliphatic rings. The first-order valence-electron chi connectivity index (χ1n) is 9.12. The highest BCUT2D eigenvalue weighted by Crippen LogP contribution is 2.18. The van der Waals surface area contributed by atoms with Gasteiger partial charge in [-0.15, -0.1) is 0 Å². The molecule has 0 aliphatic carbocycles. The molecule has 0 aliphatic heterocycles. The molecular weight excluding hydrogens is 352 g/mol. The highest BCUT2D eigenvalue weighted by atomic mass is 16.1. The zero-order chi connectivity index (χ0) is 20.5. The lowest BCUT2D eigenvalue weighted by Gasteiger charge is -2.21. The number of hydrogen-bond donors (Lipinski definition) is 2. The molecule has 0 bridgehead atoms. The summed E-state index contributed by atoms with van der Waals surface area (Å²) >= 11 is 0. The fourth-order valence-corrected chi connectivity index (χ4v) is 2.68. The second kappa shape index (κ2) is 9.93. The molecule has 2 rings (SSSR count). The zero-order valence-corrected chi connectivity index (χ0v) is 16.3. The van der Waals surface area contributed by atoms with Crippen LogP contribution in [0.4, 0.5) is 17.1 Å². The van der Waals surface area contributed by atoms with Gasteiger partial charge < -0.3 is 15.5 Å². The fourth-order valence-electron chi connectivity index (χ4n) is 2.68. The first-order valence-corrected chi connectivity index (χ1v) is 9.12. The molecule has 0 unspecified atom stereocenters. The summed E-state index contributed by atoms with van der Waals surface area (Å²) < 4.78 is 0. The van der Waals surface area contributed by atoms with Gasteiger partial charge >= 0.3 is 0 Å². The molecule has 0 fully saturated rings. The van der Waals surface area contributed by atoms with E-state index >= 15 is 0 Å². The molecule has 1 amide bonds. The SMILES string of the molecule is CCN(CC)c1ccc(N/C=C(/C#N)C(=O)Nc2cccc(C(C)=O)c2)cc1. The van der Waals surface area contributed by atoms with E-state index in [9.17, 15) is 14.9 Å². The molecule has 0 aromatic heterocycles. The summed E-state index contributed by atoms with van der Waals surface area (Å²) in [6.07, 6.45) is 1.37. The van der Waals surface area contributed by atoms with Crippen molar-refractivity contribution in [3.05, 3.63) is 65.9 Å². The normalized spacial score (nSPS) is 10.7. The second-order valence-electron chi connectivity index (χ2n) is 6.12. The van der Waals surface area contributed by atoms with Crippen molar-refractivity contribution in [1.29, 1.82) is 5.26 Å². The number of Topliss-reactive ketones (excluding diaryl/α,β-unsaturated/α-hetero) is 1. The number of nitrogens with zero attached hydrogens (tertiary/aromatic N) is 2. The average molecular weight is 376 g/mol. The molecule has 2 aromatic carbocycles. The summed E-state index contributed by atoms with van der Waals surface area (Å²) in [6, 6.07) is 16.2. The van der Waals surface area contributed by atoms with E-state index in [1.807, 2.05) is 30.3 Å². The molecule has 144 valence electrons. The number of hydrogen-bond acceptors (Lipinski definition) is 5. The fraction of sp³-hybridized carbons (Fsp3) is 0.227. The Morgan fingerprint density at radius 2 is 1.75 bits per heavy atom. The maximum Gasteiger partial charge on any atom is 0.267 e. The van der Waals surface area contributed by atoms with Crippen LogP contribution in [0.5, 0.6) is 0 Å². The van der Waals surface area contributed by atoms with Crippen molar-refractivity contribution in [2.75, 3.05) is 28.6 Å². The molecule has 6 nitrogen and oxygen atoms in total. The molecule has 0 saturated carbocycles. The molecular formula is C22H24N4O2. The van der Waals surface area contributed by atoms with Crippen molar-refractivity contribution >= 4 is 28.8 Å². The molecule has 6 heteroatoms. The Balaban J connectivity index is 2.07. The van der Waals surface area contributed by atoms with Crippen molar-refractivity contribution < 1.29 is 9.59 Å². The largest absolute Gasteiger partial charge is 0.372 e. The van der Waals surface area contributed by atoms with Crippen molar-refractivity contribution in [3.63, 3.8) is 0 Å². The predicted octanol–water partition coefficient (Wildman–Crippen LogP) is 4.19. The number of nitriles is 1. The molecule has 2 aromatic rings. The van der Waals surface area contributed by atoms with Gasteiger partial charge in [-0.1, -0.05) is 12.1 Å². The summed E-state index contributed by atoms with van der Waals surface area (Å²) in [5, 5.41) is 14.9. The van der Waals surface area contributed by atoms with Gasteiger partial charge in [0.15, 0.2) is 5.78 Å². The summed E-state index contributed by atoms with van der Waals surface area (Å²) in [5.74, 6) is -0.641. The minimum absolute atomic E-state index is 0.0685. The summed E-state index contributed by atoms with van der Waals surface area (Å²) in [4.78, 5) is 26.0. The molecule has 28 heavy (non-hydrogen) atoms. The molecule has 2 N–H and O–H groups in total. The first kappa shape index (κ1) is 20.7. The zero-order valence-electron chi connectivity index (χ0n) is 16.3. The highest BCUT2D eigenvalue weighted by molar-refractivity contribution is 6.07. The maximum atomic E-state index is 12.3. The van der Waals surface area contributed by atoms with Gasteiger partial charge in [0.1, 0.15) is 11.6 Å². The minimum atomic E-state index is -0.546. The standard InChI is InChI=1S/C22H24N4O2/c1-4-26(5-2)21-11-9-19(10-12-21)24-15-18(14-23)22(28)25-20-8-6-7-17(13-20)16(3)27/h6-13,15,24H,4-5H2,1-3H3,(H,25,28)/b18-15-. The van der Waals surface area contributed by atoms with Gasteiger partial charge in [0, 0.05) is 41.9 Å². The Morgan fingerprint density at radius 1 is 1.07 bits per heavy atom. The van der Waals surface area contributed by atoms with Crippen LogP contribution in [0.25, 0.3) is 0 Å². The summed E-state index contributed by atoms with van der Waals surface area (Å²) in [5.41, 5.74) is 2.77. The van der Waals surface area contributed by atoms with Crippen LogP contribution in [0.3, 0.4) is 0 Å². The van der Waals surface area contributed by atoms with E-state index in [0.717, 1.165) is 24.5 Å². The lowest BCUT2D eigenvalue weighted by Crippen LogP contribution is -2.21. The Hall–Kier alpha value is -3.59. The number of carbonyl (C=O) groups excluding carboxylic acids is 2. The Bertz CT molecular complexity index is 907. The quantitative estimate of drug-likeness (QED) is 0.410. The summed E-state index contributed by atoms with van der Waals surface area (Å²) in [7, 11) is 0. The summed E-state index contributed by atoms with van der Waals surface area (Å²) in [6.45, 7) is 7.50. The van der Waals surface area contributed by atoms with Crippen molar-refractivity contribution in [2.45, 2.75) is 20.8 Å². The van der Waals surface area contributed by atoms with E-state index in [1.165, 1.54) is 13.1 Å². The van der Waals surface area contributed by atoms with Crippen LogP contribution in [0.2, 0.25) is 0 Å². The van der Waals surface area contributed by atoms with Crippen molar-refractivity contribution in [3.8, 4) is 6.07 Å². The van der Waals surface area contributed by atoms with Crippen LogP contribution in [0, 0.1) is 11.3 Å². The number of benzene rings is 2. The van der Waals surface area contributed by atoms with Gasteiger partial charge in [0.2, 0.25) is 0 Å². The highest BCUT2D eigenvalue weighted by Gasteiger charge is 2.10. The molecule has 0 radical (unpaired) electrons. The molecule has 0 spiro atoms. The van der Waals surface area contributed by atoms with E-state index in [0.29, 0.717) is 11.3 Å². The molecule has 0 atom stereocenters. The number of anilines is 3. The number of amides is 1. The van der Waals surface area contributed by atoms with Crippen molar-refractivity contribution in [1.82, 2.24) is 0 Å². The third kappa shape index (κ3) is 5.45. The van der Waals surface area contributed by atoms with Crippen LogP contribution in [-0.4, -0.2) is 24.8 Å². The van der Waals surface area contributed by atoms with E-state index in [-0.39, 0.29) is 11.4 Å². The number of nitrogens with one attached hydrogen (secondary N) is 2. The van der Waals surface area contributed by atoms with E-state index < -0.39 is 5.91 Å². The van der Waals surface area contributed by atoms with Crippen LogP contribution in [0.15, 0.2) is 60.3 Å². The molecule has 0 heterocycles. The second-order valence-corrected chi connectivity index (χ2v) is 6.12. The average Bonchev–Trinajstić information content (AvgIpc) is 2.70. The third-order valence-corrected chi connectivity index (χ3v) is 4.27. The number of carbonyl (C=O) groups is 2. The van der Waals surface area contributed by atoms with Gasteiger partial charge in [-0.3, -0.25) is 9.59 Å². The Kier molecular flexibility index (Phi) is 7.35. The van der Waals surface area contributed by atoms with Gasteiger partial charge in [0.25, 0.3) is 5.91 Å². The van der Waals surface area contributed by atoms with Gasteiger partial charge in [-0.2, -0.15) is 5.26 Å². The first-order chi connectivity index (χ1) is 13.5. The van der Waals surface area contributed by atoms with Crippen LogP contribution in [-0.2, 0) is 4.79 Å². The molecule has 0 saturated heterocycles. The predicted molar refractivity (Wildman–Crippen MR) is 112 cm³/mol. The van der Waals surface area contributed by atoms with E-state index in [2.05, 4.69) is 29.4 Å². The Labute approximate surface area is 165 Å². The van der Waals surface area contributed by atoms with Gasteiger partial charge in [0.05, 0.1) is 0 Å². The minimum Gasteiger partial charge on any atom is -0.372 e. The van der Waals surface area contributed by atoms with E-state index in [4.69, 9.17) is 0 Å².